The van der Waals surface area contributed by atoms with Crippen LogP contribution in [0, 0.1) is 0 Å². The van der Waals surface area contributed by atoms with E-state index in [2.05, 4.69) is 32.2 Å². The third-order valence-corrected chi connectivity index (χ3v) is 10.00. The molecule has 1 amide bonds. The second kappa shape index (κ2) is 31.0. The van der Waals surface area contributed by atoms with E-state index >= 15 is 0 Å². The Morgan fingerprint density at radius 1 is 0.745 bits per heavy atom. The standard InChI is InChI=1S/C41H77NO9/c1-4-6-8-10-12-13-14-15-16-18-20-24-29-35(45)40(49)42-33(31-50-41-39(48)38(47)37(46)36(30-43)51-41)34(44)28-25-21-23-27-32(3)26-22-19-17-11-9-7-5-2/h25,27-28,33-39,41,43-48H,4-24,26,29-31H2,1-3H3,(H,42,49)/b28-25+,32-27+/t33?,34?,35?,36-,37-,38+,39-,41-/m1/s1. The molecule has 7 N–H and O–H groups in total. The number of hydrogen-bond donors (Lipinski definition) is 7. The smallest absolute Gasteiger partial charge is 0.249 e. The second-order valence-electron chi connectivity index (χ2n) is 14.8. The number of nitrogens with one attached hydrogen (secondary N) is 1. The first-order valence-corrected chi connectivity index (χ1v) is 20.6. The topological polar surface area (TPSA) is 169 Å². The highest BCUT2D eigenvalue weighted by atomic mass is 16.7. The lowest BCUT2D eigenvalue weighted by Gasteiger charge is -2.40. The lowest BCUT2D eigenvalue weighted by molar-refractivity contribution is -0.302. The number of carbonyl (C=O) groups is 1. The largest absolute Gasteiger partial charge is 0.394 e. The summed E-state index contributed by atoms with van der Waals surface area (Å²) in [6.45, 7) is 5.70. The summed E-state index contributed by atoms with van der Waals surface area (Å²) in [6, 6.07) is -0.993. The van der Waals surface area contributed by atoms with Crippen molar-refractivity contribution < 1.29 is 44.9 Å². The van der Waals surface area contributed by atoms with Crippen LogP contribution >= 0.6 is 0 Å². The van der Waals surface area contributed by atoms with E-state index in [9.17, 15) is 35.4 Å². The minimum absolute atomic E-state index is 0.306. The molecule has 0 aliphatic carbocycles. The summed E-state index contributed by atoms with van der Waals surface area (Å²) in [7, 11) is 0. The van der Waals surface area contributed by atoms with E-state index < -0.39 is 61.5 Å². The lowest BCUT2D eigenvalue weighted by Crippen LogP contribution is -2.60. The molecule has 0 radical (unpaired) electrons. The number of unbranched alkanes of at least 4 members (excludes halogenated alkanes) is 18. The highest BCUT2D eigenvalue weighted by Gasteiger charge is 2.44. The van der Waals surface area contributed by atoms with Gasteiger partial charge in [-0.25, -0.2) is 0 Å². The average Bonchev–Trinajstić information content (AvgIpc) is 3.12. The number of aliphatic hydroxyl groups is 6. The van der Waals surface area contributed by atoms with E-state index in [1.807, 2.05) is 6.08 Å². The molecule has 51 heavy (non-hydrogen) atoms. The Morgan fingerprint density at radius 2 is 1.27 bits per heavy atom. The molecule has 3 unspecified atom stereocenters. The van der Waals surface area contributed by atoms with E-state index in [1.165, 1.54) is 102 Å². The Morgan fingerprint density at radius 3 is 1.82 bits per heavy atom. The van der Waals surface area contributed by atoms with Gasteiger partial charge in [-0.1, -0.05) is 153 Å². The van der Waals surface area contributed by atoms with Crippen LogP contribution in [-0.4, -0.2) is 98.7 Å². The van der Waals surface area contributed by atoms with Gasteiger partial charge >= 0.3 is 0 Å². The van der Waals surface area contributed by atoms with Gasteiger partial charge < -0.3 is 45.4 Å². The van der Waals surface area contributed by atoms with Gasteiger partial charge in [0.15, 0.2) is 6.29 Å². The summed E-state index contributed by atoms with van der Waals surface area (Å²) in [6.07, 6.45) is 22.0. The molecule has 10 nitrogen and oxygen atoms in total. The van der Waals surface area contributed by atoms with E-state index in [0.717, 1.165) is 32.1 Å². The minimum Gasteiger partial charge on any atom is -0.394 e. The first kappa shape index (κ1) is 47.7. The first-order chi connectivity index (χ1) is 24.7. The Balaban J connectivity index is 2.59. The maximum atomic E-state index is 13.0. The number of ether oxygens (including phenoxy) is 2. The van der Waals surface area contributed by atoms with Crippen molar-refractivity contribution in [2.45, 2.75) is 217 Å². The van der Waals surface area contributed by atoms with Gasteiger partial charge in [-0.3, -0.25) is 4.79 Å². The molecule has 0 spiro atoms. The molecule has 8 atom stereocenters. The molecule has 1 aliphatic rings. The molecule has 300 valence electrons. The molecule has 0 aromatic rings. The van der Waals surface area contributed by atoms with Crippen molar-refractivity contribution in [3.05, 3.63) is 23.8 Å². The van der Waals surface area contributed by atoms with Crippen molar-refractivity contribution >= 4 is 5.91 Å². The predicted octanol–water partition coefficient (Wildman–Crippen LogP) is 6.52. The van der Waals surface area contributed by atoms with Gasteiger partial charge in [-0.05, 0) is 39.0 Å². The molecule has 0 aromatic carbocycles. The number of rotatable bonds is 32. The fourth-order valence-corrected chi connectivity index (χ4v) is 6.48. The summed E-state index contributed by atoms with van der Waals surface area (Å²) < 4.78 is 11.1. The van der Waals surface area contributed by atoms with Crippen LogP contribution in [0.3, 0.4) is 0 Å². The quantitative estimate of drug-likeness (QED) is 0.0301. The van der Waals surface area contributed by atoms with Gasteiger partial charge in [0.25, 0.3) is 0 Å². The zero-order valence-corrected chi connectivity index (χ0v) is 32.4. The maximum Gasteiger partial charge on any atom is 0.249 e. The molecule has 1 rings (SSSR count). The normalized spacial score (nSPS) is 23.1. The molecule has 0 saturated carbocycles. The summed E-state index contributed by atoms with van der Waals surface area (Å²) in [5.74, 6) is -0.628. The molecule has 0 bridgehead atoms. The average molecular weight is 728 g/mol. The third-order valence-electron chi connectivity index (χ3n) is 10.00. The zero-order chi connectivity index (χ0) is 37.7. The van der Waals surface area contributed by atoms with Crippen LogP contribution in [0.4, 0.5) is 0 Å². The summed E-state index contributed by atoms with van der Waals surface area (Å²) in [5, 5.41) is 64.5. The van der Waals surface area contributed by atoms with Crippen LogP contribution in [0.5, 0.6) is 0 Å². The number of aliphatic hydroxyl groups excluding tert-OH is 6. The number of carbonyl (C=O) groups excluding carboxylic acids is 1. The first-order valence-electron chi connectivity index (χ1n) is 20.6. The molecular weight excluding hydrogens is 650 g/mol. The molecule has 1 heterocycles. The SMILES string of the molecule is CCCCCCCCCCCCCCC(O)C(=O)NC(CO[C@@H]1O[C@H](CO)[C@@H](O)[C@H](O)[C@H]1O)C(O)/C=C/CC/C=C(\C)CCCCCCCCC. The Bertz CT molecular complexity index is 898. The van der Waals surface area contributed by atoms with Gasteiger partial charge in [0.05, 0.1) is 25.4 Å². The molecular formula is C41H77NO9. The number of hydrogen-bond acceptors (Lipinski definition) is 9. The van der Waals surface area contributed by atoms with Crippen molar-refractivity contribution in [2.24, 2.45) is 0 Å². The highest BCUT2D eigenvalue weighted by Crippen LogP contribution is 2.22. The predicted molar refractivity (Wildman–Crippen MR) is 204 cm³/mol. The Kier molecular flexibility index (Phi) is 29.0. The van der Waals surface area contributed by atoms with Crippen LogP contribution in [-0.2, 0) is 14.3 Å². The monoisotopic (exact) mass is 728 g/mol. The third kappa shape index (κ3) is 22.4. The molecule has 0 aromatic heterocycles. The van der Waals surface area contributed by atoms with Crippen molar-refractivity contribution in [1.29, 1.82) is 0 Å². The zero-order valence-electron chi connectivity index (χ0n) is 32.4. The van der Waals surface area contributed by atoms with Crippen molar-refractivity contribution in [3.8, 4) is 0 Å². The Hall–Kier alpha value is -1.37. The van der Waals surface area contributed by atoms with Crippen molar-refractivity contribution in [2.75, 3.05) is 13.2 Å². The second-order valence-corrected chi connectivity index (χ2v) is 14.8. The van der Waals surface area contributed by atoms with Crippen molar-refractivity contribution in [3.63, 3.8) is 0 Å². The van der Waals surface area contributed by atoms with Crippen LogP contribution in [0.15, 0.2) is 23.8 Å². The van der Waals surface area contributed by atoms with Gasteiger partial charge in [0, 0.05) is 0 Å². The molecule has 1 fully saturated rings. The summed E-state index contributed by atoms with van der Waals surface area (Å²) in [5.41, 5.74) is 1.36. The summed E-state index contributed by atoms with van der Waals surface area (Å²) in [4.78, 5) is 13.0. The van der Waals surface area contributed by atoms with Gasteiger partial charge in [0.1, 0.15) is 30.5 Å². The van der Waals surface area contributed by atoms with Crippen LogP contribution < -0.4 is 5.32 Å². The fourth-order valence-electron chi connectivity index (χ4n) is 6.48. The molecule has 1 aliphatic heterocycles. The van der Waals surface area contributed by atoms with E-state index in [-0.39, 0.29) is 6.61 Å². The van der Waals surface area contributed by atoms with E-state index in [4.69, 9.17) is 9.47 Å². The Labute approximate surface area is 310 Å². The highest BCUT2D eigenvalue weighted by molar-refractivity contribution is 5.80. The fraction of sp³-hybridized carbons (Fsp3) is 0.878. The van der Waals surface area contributed by atoms with Gasteiger partial charge in [-0.15, -0.1) is 0 Å². The molecule has 10 heteroatoms. The van der Waals surface area contributed by atoms with Crippen molar-refractivity contribution in [1.82, 2.24) is 5.32 Å². The van der Waals surface area contributed by atoms with E-state index in [0.29, 0.717) is 19.3 Å². The molecule has 1 saturated heterocycles. The lowest BCUT2D eigenvalue weighted by atomic mass is 9.99. The maximum absolute atomic E-state index is 13.0. The van der Waals surface area contributed by atoms with Crippen LogP contribution in [0.2, 0.25) is 0 Å². The van der Waals surface area contributed by atoms with Crippen LogP contribution in [0.1, 0.15) is 168 Å². The minimum atomic E-state index is -1.61. The van der Waals surface area contributed by atoms with Gasteiger partial charge in [-0.2, -0.15) is 0 Å². The summed E-state index contributed by atoms with van der Waals surface area (Å²) >= 11 is 0. The van der Waals surface area contributed by atoms with Gasteiger partial charge in [0.2, 0.25) is 5.91 Å². The number of allylic oxidation sites excluding steroid dienone is 3. The van der Waals surface area contributed by atoms with E-state index in [1.54, 1.807) is 6.08 Å². The van der Waals surface area contributed by atoms with Crippen LogP contribution in [0.25, 0.3) is 0 Å². The number of amides is 1.